The van der Waals surface area contributed by atoms with Crippen molar-refractivity contribution in [3.05, 3.63) is 62.6 Å². The van der Waals surface area contributed by atoms with Crippen molar-refractivity contribution in [2.24, 2.45) is 5.92 Å². The molecule has 1 saturated carbocycles. The van der Waals surface area contributed by atoms with Crippen molar-refractivity contribution >= 4 is 39.1 Å². The van der Waals surface area contributed by atoms with Gasteiger partial charge in [-0.2, -0.15) is 0 Å². The first kappa shape index (κ1) is 26.1. The largest absolute Gasteiger partial charge is 0.493 e. The smallest absolute Gasteiger partial charge is 0.267 e. The maximum absolute atomic E-state index is 14.7. The predicted molar refractivity (Wildman–Crippen MR) is 131 cm³/mol. The van der Waals surface area contributed by atoms with Crippen LogP contribution in [0, 0.1) is 17.6 Å². The van der Waals surface area contributed by atoms with Crippen molar-refractivity contribution in [1.29, 1.82) is 0 Å². The monoisotopic (exact) mass is 546 g/mol. The van der Waals surface area contributed by atoms with Gasteiger partial charge in [0.25, 0.3) is 5.91 Å². The molecule has 35 heavy (non-hydrogen) atoms. The average molecular weight is 547 g/mol. The molecule has 11 heteroatoms. The van der Waals surface area contributed by atoms with Crippen molar-refractivity contribution in [2.75, 3.05) is 26.0 Å². The summed E-state index contributed by atoms with van der Waals surface area (Å²) in [6.07, 6.45) is 4.41. The van der Waals surface area contributed by atoms with E-state index in [1.54, 1.807) is 12.1 Å². The maximum Gasteiger partial charge on any atom is 0.267 e. The first-order valence-electron chi connectivity index (χ1n) is 11.3. The summed E-state index contributed by atoms with van der Waals surface area (Å²) < 4.78 is 58.8. The topological polar surface area (TPSA) is 75.7 Å². The molecule has 2 aliphatic rings. The summed E-state index contributed by atoms with van der Waals surface area (Å²) >= 11 is 11.8. The number of carbonyl (C=O) groups excluding carboxylic acids is 1. The minimum atomic E-state index is -3.80. The van der Waals surface area contributed by atoms with Crippen LogP contribution in [0.3, 0.4) is 0 Å². The van der Waals surface area contributed by atoms with Crippen LogP contribution < -0.4 is 9.46 Å². The van der Waals surface area contributed by atoms with E-state index in [4.69, 9.17) is 27.9 Å². The molecule has 0 aromatic heterocycles. The number of hydrogen-bond donors (Lipinski definition) is 1. The summed E-state index contributed by atoms with van der Waals surface area (Å²) in [4.78, 5) is 14.4. The standard InChI is InChI=1S/C24H26Cl2F2N2O4S/c1-35(32,33)29-24(31)18-10-17(16-2-3-16)22(11-21(18)27)34-13-14-4-6-30(7-5-14)12-15-8-19(25)23(28)20(26)9-15/h8-11,14,16H,2-7,12-13H2,1H3,(H,29,31). The summed E-state index contributed by atoms with van der Waals surface area (Å²) in [5.41, 5.74) is 1.27. The van der Waals surface area contributed by atoms with Gasteiger partial charge in [0.05, 0.1) is 28.5 Å². The van der Waals surface area contributed by atoms with Gasteiger partial charge in [-0.05, 0) is 79.9 Å². The highest BCUT2D eigenvalue weighted by molar-refractivity contribution is 7.89. The number of carbonyl (C=O) groups is 1. The number of amides is 1. The lowest BCUT2D eigenvalue weighted by atomic mass is 9.97. The van der Waals surface area contributed by atoms with E-state index in [1.165, 1.54) is 12.1 Å². The lowest BCUT2D eigenvalue weighted by molar-refractivity contribution is 0.0977. The number of likely N-dealkylation sites (tertiary alicyclic amines) is 1. The Hall–Kier alpha value is -1.94. The van der Waals surface area contributed by atoms with Crippen molar-refractivity contribution in [3.8, 4) is 5.75 Å². The van der Waals surface area contributed by atoms with Crippen molar-refractivity contribution < 1.29 is 26.7 Å². The molecule has 0 atom stereocenters. The van der Waals surface area contributed by atoms with Crippen molar-refractivity contribution in [1.82, 2.24) is 9.62 Å². The van der Waals surface area contributed by atoms with Gasteiger partial charge in [0, 0.05) is 12.6 Å². The number of nitrogens with one attached hydrogen (secondary N) is 1. The van der Waals surface area contributed by atoms with E-state index < -0.39 is 27.6 Å². The molecule has 0 radical (unpaired) electrons. The highest BCUT2D eigenvalue weighted by atomic mass is 35.5. The summed E-state index contributed by atoms with van der Waals surface area (Å²) in [6, 6.07) is 5.77. The van der Waals surface area contributed by atoms with E-state index in [9.17, 15) is 22.0 Å². The third-order valence-electron chi connectivity index (χ3n) is 6.27. The lowest BCUT2D eigenvalue weighted by Gasteiger charge is -2.32. The van der Waals surface area contributed by atoms with Gasteiger partial charge in [-0.3, -0.25) is 9.69 Å². The van der Waals surface area contributed by atoms with E-state index in [0.717, 1.165) is 56.2 Å². The van der Waals surface area contributed by atoms with Crippen LogP contribution in [-0.2, 0) is 16.6 Å². The van der Waals surface area contributed by atoms with E-state index in [1.807, 2.05) is 4.72 Å². The Balaban J connectivity index is 1.35. The summed E-state index contributed by atoms with van der Waals surface area (Å²) in [5, 5.41) is 0.0172. The van der Waals surface area contributed by atoms with Crippen LogP contribution in [0.25, 0.3) is 0 Å². The number of ether oxygens (including phenoxy) is 1. The number of nitrogens with zero attached hydrogens (tertiary/aromatic N) is 1. The molecular weight excluding hydrogens is 521 g/mol. The third kappa shape index (κ3) is 6.84. The Labute approximate surface area is 213 Å². The number of hydrogen-bond acceptors (Lipinski definition) is 5. The Bertz CT molecular complexity index is 1210. The molecule has 2 aromatic carbocycles. The SMILES string of the molecule is CS(=O)(=O)NC(=O)c1cc(C2CC2)c(OCC2CCN(Cc3cc(Cl)c(F)c(Cl)c3)CC2)cc1F. The normalized spacial score (nSPS) is 17.4. The molecule has 1 amide bonds. The van der Waals surface area contributed by atoms with E-state index >= 15 is 0 Å². The minimum Gasteiger partial charge on any atom is -0.493 e. The molecule has 2 aromatic rings. The molecular formula is C24H26Cl2F2N2O4S. The van der Waals surface area contributed by atoms with Crippen LogP contribution >= 0.6 is 23.2 Å². The molecule has 2 fully saturated rings. The summed E-state index contributed by atoms with van der Waals surface area (Å²) in [7, 11) is -3.80. The van der Waals surface area contributed by atoms with Gasteiger partial charge in [-0.1, -0.05) is 23.2 Å². The Morgan fingerprint density at radius 2 is 1.71 bits per heavy atom. The Morgan fingerprint density at radius 3 is 2.29 bits per heavy atom. The highest BCUT2D eigenvalue weighted by Gasteiger charge is 2.30. The zero-order chi connectivity index (χ0) is 25.3. The van der Waals surface area contributed by atoms with Gasteiger partial charge in [0.15, 0.2) is 5.82 Å². The van der Waals surface area contributed by atoms with E-state index in [2.05, 4.69) is 4.90 Å². The van der Waals surface area contributed by atoms with Crippen LogP contribution in [0.1, 0.15) is 53.1 Å². The fraction of sp³-hybridized carbons (Fsp3) is 0.458. The number of benzene rings is 2. The molecule has 1 aliphatic carbocycles. The number of piperidine rings is 1. The molecule has 1 saturated heterocycles. The van der Waals surface area contributed by atoms with Crippen molar-refractivity contribution in [2.45, 2.75) is 38.1 Å². The highest BCUT2D eigenvalue weighted by Crippen LogP contribution is 2.45. The van der Waals surface area contributed by atoms with Crippen molar-refractivity contribution in [3.63, 3.8) is 0 Å². The van der Waals surface area contributed by atoms with Gasteiger partial charge in [0.1, 0.15) is 11.6 Å². The fourth-order valence-corrected chi connectivity index (χ4v) is 5.26. The summed E-state index contributed by atoms with van der Waals surface area (Å²) in [6.45, 7) is 2.65. The van der Waals surface area contributed by atoms with Crippen LogP contribution in [0.5, 0.6) is 5.75 Å². The predicted octanol–water partition coefficient (Wildman–Crippen LogP) is 5.13. The zero-order valence-electron chi connectivity index (χ0n) is 19.1. The molecule has 6 nitrogen and oxygen atoms in total. The van der Waals surface area contributed by atoms with Gasteiger partial charge in [0.2, 0.25) is 10.0 Å². The molecule has 0 bridgehead atoms. The molecule has 1 aliphatic heterocycles. The average Bonchev–Trinajstić information content (AvgIpc) is 3.61. The maximum atomic E-state index is 14.7. The molecule has 190 valence electrons. The van der Waals surface area contributed by atoms with E-state index in [0.29, 0.717) is 18.9 Å². The lowest BCUT2D eigenvalue weighted by Crippen LogP contribution is -2.35. The van der Waals surface area contributed by atoms with Crippen LogP contribution in [0.15, 0.2) is 24.3 Å². The molecule has 0 unspecified atom stereocenters. The van der Waals surface area contributed by atoms with E-state index in [-0.39, 0.29) is 27.4 Å². The van der Waals surface area contributed by atoms with Gasteiger partial charge in [-0.25, -0.2) is 21.9 Å². The van der Waals surface area contributed by atoms with Gasteiger partial charge >= 0.3 is 0 Å². The molecule has 1 N–H and O–H groups in total. The molecule has 1 heterocycles. The van der Waals surface area contributed by atoms with Crippen LogP contribution in [0.4, 0.5) is 8.78 Å². The first-order valence-corrected chi connectivity index (χ1v) is 14.0. The first-order chi connectivity index (χ1) is 16.5. The second-order valence-electron chi connectivity index (χ2n) is 9.25. The summed E-state index contributed by atoms with van der Waals surface area (Å²) in [5.74, 6) is -1.58. The zero-order valence-corrected chi connectivity index (χ0v) is 21.4. The fourth-order valence-electron chi connectivity index (χ4n) is 4.28. The van der Waals surface area contributed by atoms with Gasteiger partial charge in [-0.15, -0.1) is 0 Å². The molecule has 0 spiro atoms. The quantitative estimate of drug-likeness (QED) is 0.464. The van der Waals surface area contributed by atoms with Gasteiger partial charge < -0.3 is 4.74 Å². The minimum absolute atomic E-state index is 0.00861. The second-order valence-corrected chi connectivity index (χ2v) is 11.8. The number of sulfonamides is 1. The number of halogens is 4. The van der Waals surface area contributed by atoms with Crippen LogP contribution in [-0.4, -0.2) is 45.2 Å². The Kier molecular flexibility index (Phi) is 7.90. The molecule has 4 rings (SSSR count). The van der Waals surface area contributed by atoms with Crippen LogP contribution in [0.2, 0.25) is 10.0 Å². The third-order valence-corrected chi connectivity index (χ3v) is 7.38. The second kappa shape index (κ2) is 10.6. The number of rotatable bonds is 8. The Morgan fingerprint density at radius 1 is 1.09 bits per heavy atom.